The molecule has 8 heteroatoms. The van der Waals surface area contributed by atoms with Crippen LogP contribution in [0.5, 0.6) is 5.75 Å². The van der Waals surface area contributed by atoms with Gasteiger partial charge in [-0.15, -0.1) is 10.2 Å². The van der Waals surface area contributed by atoms with Crippen LogP contribution in [-0.4, -0.2) is 40.4 Å². The molecule has 0 radical (unpaired) electrons. The van der Waals surface area contributed by atoms with Crippen molar-refractivity contribution >= 4 is 17.6 Å². The molecule has 0 spiro atoms. The average Bonchev–Trinajstić information content (AvgIpc) is 3.05. The Morgan fingerprint density at radius 2 is 2.07 bits per heavy atom. The Hall–Kier alpha value is -2.28. The van der Waals surface area contributed by atoms with E-state index >= 15 is 0 Å². The number of rotatable bonds is 7. The van der Waals surface area contributed by atoms with Gasteiger partial charge in [0, 0.05) is 24.7 Å². The molecule has 2 aromatic rings. The van der Waals surface area contributed by atoms with Crippen molar-refractivity contribution in [3.8, 4) is 5.75 Å². The molecule has 0 atom stereocenters. The van der Waals surface area contributed by atoms with Gasteiger partial charge < -0.3 is 19.9 Å². The van der Waals surface area contributed by atoms with E-state index in [2.05, 4.69) is 20.8 Å². The third-order valence-corrected chi connectivity index (χ3v) is 5.81. The Balaban J connectivity index is 1.62. The van der Waals surface area contributed by atoms with E-state index in [4.69, 9.17) is 21.3 Å². The molecule has 158 valence electrons. The van der Waals surface area contributed by atoms with E-state index in [-0.39, 0.29) is 0 Å². The van der Waals surface area contributed by atoms with Crippen LogP contribution in [0.15, 0.2) is 23.2 Å². The summed E-state index contributed by atoms with van der Waals surface area (Å²) in [5.74, 6) is 3.33. The largest absolute Gasteiger partial charge is 0.497 e. The highest BCUT2D eigenvalue weighted by atomic mass is 35.5. The molecule has 1 heterocycles. The van der Waals surface area contributed by atoms with Gasteiger partial charge in [0.15, 0.2) is 11.8 Å². The lowest BCUT2D eigenvalue weighted by Crippen LogP contribution is -2.44. The number of nitrogens with zero attached hydrogens (tertiary/aromatic N) is 4. The minimum Gasteiger partial charge on any atom is -0.497 e. The molecule has 0 bridgehead atoms. The van der Waals surface area contributed by atoms with Crippen molar-refractivity contribution in [3.05, 3.63) is 40.4 Å². The third-order valence-electron chi connectivity index (χ3n) is 5.45. The minimum atomic E-state index is 0.473. The number of guanidine groups is 1. The number of methoxy groups -OCH3 is 1. The van der Waals surface area contributed by atoms with E-state index < -0.39 is 0 Å². The zero-order valence-corrected chi connectivity index (χ0v) is 18.3. The Kier molecular flexibility index (Phi) is 7.75. The number of halogens is 1. The summed E-state index contributed by atoms with van der Waals surface area (Å²) in [5.41, 5.74) is 1.08. The molecule has 0 aliphatic heterocycles. The van der Waals surface area contributed by atoms with E-state index in [9.17, 15) is 0 Å². The SMILES string of the molecule is COc1ccc(CCNC(=NCc2nnc(C)n2C)NC2CCCCC2)c(Cl)c1. The molecule has 29 heavy (non-hydrogen) atoms. The second kappa shape index (κ2) is 10.5. The van der Waals surface area contributed by atoms with Crippen LogP contribution >= 0.6 is 11.6 Å². The summed E-state index contributed by atoms with van der Waals surface area (Å²) in [4.78, 5) is 4.76. The van der Waals surface area contributed by atoms with Gasteiger partial charge in [-0.25, -0.2) is 4.99 Å². The molecular weight excluding hydrogens is 388 g/mol. The van der Waals surface area contributed by atoms with Gasteiger partial charge in [0.05, 0.1) is 7.11 Å². The highest BCUT2D eigenvalue weighted by Crippen LogP contribution is 2.22. The maximum atomic E-state index is 6.37. The molecule has 1 fully saturated rings. The van der Waals surface area contributed by atoms with E-state index in [0.29, 0.717) is 12.6 Å². The second-order valence-corrected chi connectivity index (χ2v) is 7.91. The lowest BCUT2D eigenvalue weighted by Gasteiger charge is -2.25. The maximum Gasteiger partial charge on any atom is 0.191 e. The van der Waals surface area contributed by atoms with Crippen LogP contribution in [0.2, 0.25) is 5.02 Å². The summed E-state index contributed by atoms with van der Waals surface area (Å²) in [7, 11) is 3.61. The first-order chi connectivity index (χ1) is 14.1. The number of nitrogens with one attached hydrogen (secondary N) is 2. The first kappa shape index (κ1) is 21.4. The number of aliphatic imine (C=N–C) groups is 1. The average molecular weight is 419 g/mol. The van der Waals surface area contributed by atoms with Crippen molar-refractivity contribution in [2.24, 2.45) is 12.0 Å². The summed E-state index contributed by atoms with van der Waals surface area (Å²) in [6, 6.07) is 6.27. The summed E-state index contributed by atoms with van der Waals surface area (Å²) < 4.78 is 7.19. The summed E-state index contributed by atoms with van der Waals surface area (Å²) >= 11 is 6.37. The normalized spacial score (nSPS) is 15.4. The van der Waals surface area contributed by atoms with Crippen LogP contribution in [-0.2, 0) is 20.0 Å². The zero-order valence-electron chi connectivity index (χ0n) is 17.5. The highest BCUT2D eigenvalue weighted by molar-refractivity contribution is 6.31. The standard InChI is InChI=1S/C21H31ClN6O/c1-15-26-27-20(28(15)2)14-24-21(25-17-7-5-4-6-8-17)23-12-11-16-9-10-18(29-3)13-19(16)22/h9-10,13,17H,4-8,11-12,14H2,1-3H3,(H2,23,24,25). The van der Waals surface area contributed by atoms with Crippen LogP contribution in [0.25, 0.3) is 0 Å². The summed E-state index contributed by atoms with van der Waals surface area (Å²) in [6.07, 6.45) is 7.05. The number of ether oxygens (including phenoxy) is 1. The van der Waals surface area contributed by atoms with Crippen molar-refractivity contribution in [3.63, 3.8) is 0 Å². The van der Waals surface area contributed by atoms with Crippen LogP contribution < -0.4 is 15.4 Å². The lowest BCUT2D eigenvalue weighted by molar-refractivity contribution is 0.409. The first-order valence-corrected chi connectivity index (χ1v) is 10.7. The summed E-state index contributed by atoms with van der Waals surface area (Å²) in [5, 5.41) is 16.1. The Morgan fingerprint density at radius 1 is 1.28 bits per heavy atom. The fourth-order valence-electron chi connectivity index (χ4n) is 3.50. The Bertz CT molecular complexity index is 829. The Labute approximate surface area is 177 Å². The number of aryl methyl sites for hydroxylation is 1. The number of aromatic nitrogens is 3. The quantitative estimate of drug-likeness (QED) is 0.532. The van der Waals surface area contributed by atoms with Crippen molar-refractivity contribution in [1.82, 2.24) is 25.4 Å². The molecule has 1 saturated carbocycles. The van der Waals surface area contributed by atoms with Crippen LogP contribution in [0.4, 0.5) is 0 Å². The van der Waals surface area contributed by atoms with Gasteiger partial charge in [-0.1, -0.05) is 36.9 Å². The minimum absolute atomic E-state index is 0.473. The van der Waals surface area contributed by atoms with Gasteiger partial charge in [-0.05, 0) is 43.9 Å². The van der Waals surface area contributed by atoms with Crippen LogP contribution in [0.1, 0.15) is 49.3 Å². The van der Waals surface area contributed by atoms with Gasteiger partial charge in [0.2, 0.25) is 0 Å². The van der Waals surface area contributed by atoms with Crippen LogP contribution in [0, 0.1) is 6.92 Å². The molecule has 0 saturated heterocycles. The highest BCUT2D eigenvalue weighted by Gasteiger charge is 2.15. The molecule has 1 aliphatic rings. The number of benzene rings is 1. The molecular formula is C21H31ClN6O. The van der Waals surface area contributed by atoms with Gasteiger partial charge in [0.1, 0.15) is 18.1 Å². The monoisotopic (exact) mass is 418 g/mol. The van der Waals surface area contributed by atoms with Crippen molar-refractivity contribution in [2.75, 3.05) is 13.7 Å². The molecule has 1 aromatic heterocycles. The molecule has 7 nitrogen and oxygen atoms in total. The summed E-state index contributed by atoms with van der Waals surface area (Å²) in [6.45, 7) is 3.17. The molecule has 0 amide bonds. The molecule has 1 aromatic carbocycles. The molecule has 1 aliphatic carbocycles. The smallest absolute Gasteiger partial charge is 0.191 e. The number of hydrogen-bond donors (Lipinski definition) is 2. The van der Waals surface area contributed by atoms with Gasteiger partial charge >= 0.3 is 0 Å². The van der Waals surface area contributed by atoms with Crippen molar-refractivity contribution < 1.29 is 4.74 Å². The predicted molar refractivity (Wildman–Crippen MR) is 117 cm³/mol. The molecule has 3 rings (SSSR count). The zero-order chi connectivity index (χ0) is 20.6. The van der Waals surface area contributed by atoms with E-state index in [1.54, 1.807) is 7.11 Å². The lowest BCUT2D eigenvalue weighted by atomic mass is 9.96. The topological polar surface area (TPSA) is 76.4 Å². The van der Waals surface area contributed by atoms with Gasteiger partial charge in [0.25, 0.3) is 0 Å². The molecule has 0 unspecified atom stereocenters. The van der Waals surface area contributed by atoms with Gasteiger partial charge in [-0.3, -0.25) is 0 Å². The fraction of sp³-hybridized carbons (Fsp3) is 0.571. The van der Waals surface area contributed by atoms with Crippen molar-refractivity contribution in [2.45, 2.75) is 58.0 Å². The third kappa shape index (κ3) is 6.10. The molecule has 2 N–H and O–H groups in total. The van der Waals surface area contributed by atoms with Crippen LogP contribution in [0.3, 0.4) is 0 Å². The fourth-order valence-corrected chi connectivity index (χ4v) is 3.77. The van der Waals surface area contributed by atoms with E-state index in [0.717, 1.165) is 46.9 Å². The first-order valence-electron chi connectivity index (χ1n) is 10.3. The Morgan fingerprint density at radius 3 is 2.72 bits per heavy atom. The predicted octanol–water partition coefficient (Wildman–Crippen LogP) is 3.40. The van der Waals surface area contributed by atoms with E-state index in [1.165, 1.54) is 32.1 Å². The van der Waals surface area contributed by atoms with E-state index in [1.807, 2.05) is 36.7 Å². The maximum absolute atomic E-state index is 6.37. The van der Waals surface area contributed by atoms with Gasteiger partial charge in [-0.2, -0.15) is 0 Å². The number of hydrogen-bond acceptors (Lipinski definition) is 4. The second-order valence-electron chi connectivity index (χ2n) is 7.50. The van der Waals surface area contributed by atoms with Crippen molar-refractivity contribution in [1.29, 1.82) is 0 Å².